The van der Waals surface area contributed by atoms with Gasteiger partial charge in [-0.05, 0) is 50.7 Å². The summed E-state index contributed by atoms with van der Waals surface area (Å²) in [5.74, 6) is 0.337. The Morgan fingerprint density at radius 2 is 1.81 bits per heavy atom. The number of sulfonamides is 1. The Kier molecular flexibility index (Phi) is 5.99. The summed E-state index contributed by atoms with van der Waals surface area (Å²) in [5.41, 5.74) is 7.07. The van der Waals surface area contributed by atoms with Gasteiger partial charge in [0.2, 0.25) is 15.9 Å². The van der Waals surface area contributed by atoms with Crippen LogP contribution < -0.4 is 11.1 Å². The average molecular weight is 380 g/mol. The van der Waals surface area contributed by atoms with Crippen LogP contribution in [0.3, 0.4) is 0 Å². The van der Waals surface area contributed by atoms with Gasteiger partial charge in [0.15, 0.2) is 0 Å². The highest BCUT2D eigenvalue weighted by atomic mass is 32.2. The second kappa shape index (κ2) is 8.06. The van der Waals surface area contributed by atoms with Crippen LogP contribution in [0.15, 0.2) is 29.2 Å². The van der Waals surface area contributed by atoms with E-state index in [0.717, 1.165) is 24.8 Å². The van der Waals surface area contributed by atoms with Crippen molar-refractivity contribution in [3.05, 3.63) is 29.8 Å². The second-order valence-corrected chi connectivity index (χ2v) is 9.56. The van der Waals surface area contributed by atoms with Gasteiger partial charge in [0.25, 0.3) is 0 Å². The minimum atomic E-state index is -3.45. The van der Waals surface area contributed by atoms with Gasteiger partial charge in [-0.1, -0.05) is 24.1 Å². The summed E-state index contributed by atoms with van der Waals surface area (Å²) in [6.45, 7) is 2.80. The number of carbonyl (C=O) groups is 1. The van der Waals surface area contributed by atoms with Crippen molar-refractivity contribution in [2.24, 2.45) is 11.7 Å². The first-order valence-electron chi connectivity index (χ1n) is 9.48. The van der Waals surface area contributed by atoms with Crippen LogP contribution in [0.2, 0.25) is 0 Å². The summed E-state index contributed by atoms with van der Waals surface area (Å²) in [6, 6.07) is 7.13. The maximum atomic E-state index is 12.7. The van der Waals surface area contributed by atoms with Gasteiger partial charge in [0, 0.05) is 31.6 Å². The molecule has 2 fully saturated rings. The summed E-state index contributed by atoms with van der Waals surface area (Å²) in [5, 5.41) is 3.07. The number of aryl methyl sites for hydroxylation is 1. The molecule has 3 N–H and O–H groups in total. The third kappa shape index (κ3) is 4.45. The molecule has 2 aliphatic rings. The maximum Gasteiger partial charge on any atom is 0.243 e. The largest absolute Gasteiger partial charge is 0.353 e. The molecule has 7 heteroatoms. The molecule has 1 amide bonds. The number of nitrogens with zero attached hydrogens (tertiary/aromatic N) is 1. The molecule has 0 bridgehead atoms. The minimum Gasteiger partial charge on any atom is -0.353 e. The molecule has 3 rings (SSSR count). The van der Waals surface area contributed by atoms with E-state index in [1.807, 2.05) is 19.1 Å². The van der Waals surface area contributed by atoms with Gasteiger partial charge >= 0.3 is 0 Å². The molecular weight excluding hydrogens is 350 g/mol. The van der Waals surface area contributed by atoms with Crippen molar-refractivity contribution < 1.29 is 13.2 Å². The van der Waals surface area contributed by atoms with E-state index in [2.05, 4.69) is 5.32 Å². The third-order valence-corrected chi connectivity index (χ3v) is 7.56. The van der Waals surface area contributed by atoms with E-state index >= 15 is 0 Å². The van der Waals surface area contributed by atoms with Crippen LogP contribution in [-0.2, 0) is 14.8 Å². The highest BCUT2D eigenvalue weighted by molar-refractivity contribution is 7.89. The molecule has 0 aromatic heterocycles. The zero-order valence-electron chi connectivity index (χ0n) is 15.4. The van der Waals surface area contributed by atoms with E-state index in [9.17, 15) is 13.2 Å². The van der Waals surface area contributed by atoms with Gasteiger partial charge in [0.1, 0.15) is 0 Å². The molecule has 1 saturated carbocycles. The van der Waals surface area contributed by atoms with Crippen molar-refractivity contribution in [1.29, 1.82) is 0 Å². The number of nitrogens with two attached hydrogens (primary N) is 1. The normalized spacial score (nSPS) is 25.3. The van der Waals surface area contributed by atoms with Gasteiger partial charge in [-0.3, -0.25) is 4.79 Å². The molecule has 1 heterocycles. The van der Waals surface area contributed by atoms with Crippen molar-refractivity contribution in [1.82, 2.24) is 9.62 Å². The Morgan fingerprint density at radius 3 is 2.38 bits per heavy atom. The van der Waals surface area contributed by atoms with E-state index in [4.69, 9.17) is 5.73 Å². The molecule has 0 spiro atoms. The van der Waals surface area contributed by atoms with Gasteiger partial charge in [-0.15, -0.1) is 0 Å². The van der Waals surface area contributed by atoms with E-state index < -0.39 is 10.0 Å². The number of rotatable bonds is 5. The quantitative estimate of drug-likeness (QED) is 0.816. The first-order valence-corrected chi connectivity index (χ1v) is 10.9. The lowest BCUT2D eigenvalue weighted by Crippen LogP contribution is -2.47. The molecule has 1 aromatic carbocycles. The SMILES string of the molecule is Cc1ccc(S(=O)(=O)N2CCC(NC(=O)C[C@@H]3CCC[C@H]3N)CC2)cc1. The van der Waals surface area contributed by atoms with Gasteiger partial charge in [0.05, 0.1) is 4.90 Å². The predicted molar refractivity (Wildman–Crippen MR) is 101 cm³/mol. The van der Waals surface area contributed by atoms with Crippen LogP contribution in [0, 0.1) is 12.8 Å². The van der Waals surface area contributed by atoms with Crippen molar-refractivity contribution in [2.45, 2.75) is 62.4 Å². The molecule has 2 atom stereocenters. The lowest BCUT2D eigenvalue weighted by Gasteiger charge is -2.32. The topological polar surface area (TPSA) is 92.5 Å². The molecule has 1 aliphatic carbocycles. The van der Waals surface area contributed by atoms with Gasteiger partial charge in [-0.25, -0.2) is 8.42 Å². The highest BCUT2D eigenvalue weighted by Crippen LogP contribution is 2.27. The summed E-state index contributed by atoms with van der Waals surface area (Å²) in [7, 11) is -3.45. The number of nitrogens with one attached hydrogen (secondary N) is 1. The number of amides is 1. The van der Waals surface area contributed by atoms with Crippen LogP contribution in [0.25, 0.3) is 0 Å². The molecule has 144 valence electrons. The number of hydrogen-bond donors (Lipinski definition) is 2. The van der Waals surface area contributed by atoms with E-state index in [0.29, 0.717) is 37.2 Å². The van der Waals surface area contributed by atoms with Crippen molar-refractivity contribution in [3.8, 4) is 0 Å². The highest BCUT2D eigenvalue weighted by Gasteiger charge is 2.31. The summed E-state index contributed by atoms with van der Waals surface area (Å²) in [4.78, 5) is 12.6. The molecule has 6 nitrogen and oxygen atoms in total. The van der Waals surface area contributed by atoms with Crippen LogP contribution in [0.5, 0.6) is 0 Å². The predicted octanol–water partition coefficient (Wildman–Crippen LogP) is 1.78. The molecule has 1 saturated heterocycles. The smallest absolute Gasteiger partial charge is 0.243 e. The number of benzene rings is 1. The van der Waals surface area contributed by atoms with Crippen LogP contribution in [0.1, 0.15) is 44.1 Å². The first-order chi connectivity index (χ1) is 12.4. The van der Waals surface area contributed by atoms with E-state index in [-0.39, 0.29) is 23.9 Å². The second-order valence-electron chi connectivity index (χ2n) is 7.62. The molecule has 0 unspecified atom stereocenters. The molecule has 1 aromatic rings. The lowest BCUT2D eigenvalue weighted by molar-refractivity contribution is -0.123. The first kappa shape index (κ1) is 19.3. The van der Waals surface area contributed by atoms with Gasteiger partial charge < -0.3 is 11.1 Å². The van der Waals surface area contributed by atoms with Crippen molar-refractivity contribution >= 4 is 15.9 Å². The fourth-order valence-corrected chi connectivity index (χ4v) is 5.41. The van der Waals surface area contributed by atoms with Crippen LogP contribution in [-0.4, -0.2) is 43.8 Å². The number of hydrogen-bond acceptors (Lipinski definition) is 4. The summed E-state index contributed by atoms with van der Waals surface area (Å²) in [6.07, 6.45) is 4.92. The Bertz CT molecular complexity index is 725. The van der Waals surface area contributed by atoms with Crippen LogP contribution >= 0.6 is 0 Å². The van der Waals surface area contributed by atoms with E-state index in [1.165, 1.54) is 4.31 Å². The fraction of sp³-hybridized carbons (Fsp3) is 0.632. The Labute approximate surface area is 156 Å². The molecule has 1 aliphatic heterocycles. The zero-order valence-corrected chi connectivity index (χ0v) is 16.2. The van der Waals surface area contributed by atoms with Crippen LogP contribution in [0.4, 0.5) is 0 Å². The number of piperidine rings is 1. The lowest BCUT2D eigenvalue weighted by atomic mass is 9.99. The van der Waals surface area contributed by atoms with Crippen molar-refractivity contribution in [3.63, 3.8) is 0 Å². The Hall–Kier alpha value is -1.44. The molecule has 0 radical (unpaired) electrons. The van der Waals surface area contributed by atoms with Crippen molar-refractivity contribution in [2.75, 3.05) is 13.1 Å². The van der Waals surface area contributed by atoms with Gasteiger partial charge in [-0.2, -0.15) is 4.31 Å². The van der Waals surface area contributed by atoms with E-state index in [1.54, 1.807) is 12.1 Å². The fourth-order valence-electron chi connectivity index (χ4n) is 3.94. The summed E-state index contributed by atoms with van der Waals surface area (Å²) >= 11 is 0. The molecule has 26 heavy (non-hydrogen) atoms. The Morgan fingerprint density at radius 1 is 1.15 bits per heavy atom. The monoisotopic (exact) mass is 379 g/mol. The molecular formula is C19H29N3O3S. The average Bonchev–Trinajstić information content (AvgIpc) is 3.00. The minimum absolute atomic E-state index is 0.0459. The maximum absolute atomic E-state index is 12.7. The Balaban J connectivity index is 1.50. The number of carbonyl (C=O) groups excluding carboxylic acids is 1. The zero-order chi connectivity index (χ0) is 18.7. The summed E-state index contributed by atoms with van der Waals surface area (Å²) < 4.78 is 27.0. The third-order valence-electron chi connectivity index (χ3n) is 5.64. The standard InChI is InChI=1S/C19H29N3O3S/c1-14-5-7-17(8-6-14)26(24,25)22-11-9-16(10-12-22)21-19(23)13-15-3-2-4-18(15)20/h5-8,15-16,18H,2-4,9-13,20H2,1H3,(H,21,23)/t15-,18+/m0/s1.